The molecule has 1 aromatic carbocycles. The van der Waals surface area contributed by atoms with E-state index in [2.05, 4.69) is 15.6 Å². The van der Waals surface area contributed by atoms with Gasteiger partial charge in [0.25, 0.3) is 11.6 Å². The summed E-state index contributed by atoms with van der Waals surface area (Å²) in [4.78, 5) is 41.3. The molecule has 1 aliphatic rings. The second kappa shape index (κ2) is 9.82. The maximum atomic E-state index is 12.7. The summed E-state index contributed by atoms with van der Waals surface area (Å²) in [6, 6.07) is 8.04. The fraction of sp³-hybridized carbons (Fsp3) is 0.318. The van der Waals surface area contributed by atoms with Gasteiger partial charge in [-0.25, -0.2) is 4.98 Å². The summed E-state index contributed by atoms with van der Waals surface area (Å²) >= 11 is 1.22. The monoisotopic (exact) mass is 469 g/mol. The summed E-state index contributed by atoms with van der Waals surface area (Å²) in [7, 11) is 0. The topological polar surface area (TPSA) is 131 Å². The van der Waals surface area contributed by atoms with E-state index in [0.717, 1.165) is 32.4 Å². The molecule has 0 atom stereocenters. The number of hydrogen-bond donors (Lipinski definition) is 2. The first-order chi connectivity index (χ1) is 15.9. The van der Waals surface area contributed by atoms with Crippen LogP contribution in [0.15, 0.2) is 40.1 Å². The van der Waals surface area contributed by atoms with Gasteiger partial charge in [0.2, 0.25) is 5.91 Å². The lowest BCUT2D eigenvalue weighted by Crippen LogP contribution is -2.30. The zero-order valence-electron chi connectivity index (χ0n) is 18.0. The van der Waals surface area contributed by atoms with Crippen molar-refractivity contribution in [3.8, 4) is 11.5 Å². The predicted octanol–water partition coefficient (Wildman–Crippen LogP) is 4.19. The van der Waals surface area contributed by atoms with Crippen molar-refractivity contribution in [1.29, 1.82) is 0 Å². The number of amides is 2. The van der Waals surface area contributed by atoms with Crippen LogP contribution in [0.5, 0.6) is 0 Å². The number of thiazole rings is 1. The van der Waals surface area contributed by atoms with Crippen LogP contribution in [0.4, 0.5) is 16.5 Å². The highest BCUT2D eigenvalue weighted by molar-refractivity contribution is 7.14. The molecular weight excluding hydrogens is 446 g/mol. The Morgan fingerprint density at radius 3 is 2.73 bits per heavy atom. The molecule has 0 unspecified atom stereocenters. The second-order valence-electron chi connectivity index (χ2n) is 7.68. The molecule has 0 radical (unpaired) electrons. The first kappa shape index (κ1) is 22.5. The molecule has 2 aromatic heterocycles. The predicted molar refractivity (Wildman–Crippen MR) is 124 cm³/mol. The Morgan fingerprint density at radius 1 is 1.21 bits per heavy atom. The summed E-state index contributed by atoms with van der Waals surface area (Å²) in [6.07, 6.45) is 3.11. The Balaban J connectivity index is 1.46. The minimum Gasteiger partial charge on any atom is -0.458 e. The summed E-state index contributed by atoms with van der Waals surface area (Å²) < 4.78 is 5.67. The number of anilines is 2. The number of nitro groups is 1. The van der Waals surface area contributed by atoms with E-state index in [1.807, 2.05) is 4.90 Å². The zero-order chi connectivity index (χ0) is 23.4. The molecule has 3 aromatic rings. The van der Waals surface area contributed by atoms with E-state index in [1.165, 1.54) is 24.3 Å². The van der Waals surface area contributed by atoms with Crippen LogP contribution in [0.1, 0.15) is 42.3 Å². The summed E-state index contributed by atoms with van der Waals surface area (Å²) in [6.45, 7) is 3.24. The van der Waals surface area contributed by atoms with Gasteiger partial charge >= 0.3 is 0 Å². The van der Waals surface area contributed by atoms with E-state index >= 15 is 0 Å². The van der Waals surface area contributed by atoms with Crippen molar-refractivity contribution in [2.45, 2.75) is 32.7 Å². The number of rotatable bonds is 7. The van der Waals surface area contributed by atoms with Crippen molar-refractivity contribution in [2.75, 3.05) is 23.3 Å². The number of piperidine rings is 1. The molecule has 2 amide bonds. The van der Waals surface area contributed by atoms with Crippen LogP contribution in [0, 0.1) is 10.1 Å². The van der Waals surface area contributed by atoms with Gasteiger partial charge in [0.1, 0.15) is 17.1 Å². The number of aromatic nitrogens is 1. The molecule has 33 heavy (non-hydrogen) atoms. The minimum atomic E-state index is -0.477. The molecule has 10 nitrogen and oxygen atoms in total. The van der Waals surface area contributed by atoms with E-state index in [-0.39, 0.29) is 23.7 Å². The van der Waals surface area contributed by atoms with Gasteiger partial charge in [0.15, 0.2) is 10.9 Å². The maximum Gasteiger partial charge on any atom is 0.293 e. The molecule has 0 spiro atoms. The lowest BCUT2D eigenvalue weighted by Gasteiger charge is -2.28. The van der Waals surface area contributed by atoms with E-state index < -0.39 is 10.8 Å². The number of nitrogens with zero attached hydrogens (tertiary/aromatic N) is 3. The molecule has 11 heteroatoms. The third kappa shape index (κ3) is 5.37. The Bertz CT molecular complexity index is 1180. The Hall–Kier alpha value is -3.73. The molecule has 172 valence electrons. The third-order valence-corrected chi connectivity index (χ3v) is 6.04. The zero-order valence-corrected chi connectivity index (χ0v) is 18.8. The normalized spacial score (nSPS) is 13.5. The van der Waals surface area contributed by atoms with Gasteiger partial charge in [-0.3, -0.25) is 25.0 Å². The molecule has 1 saturated heterocycles. The van der Waals surface area contributed by atoms with Crippen LogP contribution >= 0.6 is 11.3 Å². The standard InChI is InChI=1S/C22H23N5O5S/c1-14(28)23-12-16-6-8-20(32-16)17-13-33-22(24-17)25-21(29)15-5-7-18(19(11-15)27(30)31)26-9-3-2-4-10-26/h5-8,11,13H,2-4,9-10,12H2,1H3,(H,23,28)(H,24,25,29). The van der Waals surface area contributed by atoms with Crippen molar-refractivity contribution >= 4 is 39.7 Å². The molecule has 3 heterocycles. The van der Waals surface area contributed by atoms with Crippen LogP contribution < -0.4 is 15.5 Å². The molecule has 4 rings (SSSR count). The summed E-state index contributed by atoms with van der Waals surface area (Å²) in [5.74, 6) is 0.458. The lowest BCUT2D eigenvalue weighted by atomic mass is 10.1. The highest BCUT2D eigenvalue weighted by Crippen LogP contribution is 2.32. The molecule has 0 aliphatic carbocycles. The summed E-state index contributed by atoms with van der Waals surface area (Å²) in [5, 5.41) is 19.1. The quantitative estimate of drug-likeness (QED) is 0.392. The Kier molecular flexibility index (Phi) is 6.68. The summed E-state index contributed by atoms with van der Waals surface area (Å²) in [5.41, 5.74) is 1.19. The number of carbonyl (C=O) groups is 2. The highest BCUT2D eigenvalue weighted by atomic mass is 32.1. The number of nitrogens with one attached hydrogen (secondary N) is 2. The van der Waals surface area contributed by atoms with Crippen LogP contribution in [0.2, 0.25) is 0 Å². The number of carbonyl (C=O) groups excluding carboxylic acids is 2. The Morgan fingerprint density at radius 2 is 2.00 bits per heavy atom. The fourth-order valence-electron chi connectivity index (χ4n) is 3.65. The molecule has 0 saturated carbocycles. The SMILES string of the molecule is CC(=O)NCc1ccc(-c2csc(NC(=O)c3ccc(N4CCCCC4)c([N+](=O)[O-])c3)n2)o1. The Labute approximate surface area is 193 Å². The van der Waals surface area contributed by atoms with Gasteiger partial charge in [-0.15, -0.1) is 11.3 Å². The van der Waals surface area contributed by atoms with Gasteiger partial charge in [0, 0.05) is 37.0 Å². The number of hydrogen-bond acceptors (Lipinski definition) is 8. The lowest BCUT2D eigenvalue weighted by molar-refractivity contribution is -0.384. The van der Waals surface area contributed by atoms with Gasteiger partial charge < -0.3 is 14.6 Å². The average Bonchev–Trinajstić information content (AvgIpc) is 3.47. The fourth-order valence-corrected chi connectivity index (χ4v) is 4.34. The van der Waals surface area contributed by atoms with Gasteiger partial charge in [-0.2, -0.15) is 0 Å². The van der Waals surface area contributed by atoms with Crippen molar-refractivity contribution in [3.05, 3.63) is 57.1 Å². The van der Waals surface area contributed by atoms with Gasteiger partial charge in [0.05, 0.1) is 11.5 Å². The number of benzene rings is 1. The minimum absolute atomic E-state index is 0.0772. The van der Waals surface area contributed by atoms with Crippen molar-refractivity contribution in [1.82, 2.24) is 10.3 Å². The molecule has 2 N–H and O–H groups in total. The first-order valence-corrected chi connectivity index (χ1v) is 11.4. The number of furan rings is 1. The van der Waals surface area contributed by atoms with E-state index in [0.29, 0.717) is 28.0 Å². The number of nitro benzene ring substituents is 1. The van der Waals surface area contributed by atoms with Gasteiger partial charge in [-0.1, -0.05) is 0 Å². The third-order valence-electron chi connectivity index (χ3n) is 5.28. The smallest absolute Gasteiger partial charge is 0.293 e. The van der Waals surface area contributed by atoms with Crippen LogP contribution in [-0.4, -0.2) is 34.8 Å². The van der Waals surface area contributed by atoms with Crippen LogP contribution in [0.25, 0.3) is 11.5 Å². The average molecular weight is 470 g/mol. The highest BCUT2D eigenvalue weighted by Gasteiger charge is 2.23. The van der Waals surface area contributed by atoms with Crippen molar-refractivity contribution < 1.29 is 18.9 Å². The molecule has 1 aliphatic heterocycles. The first-order valence-electron chi connectivity index (χ1n) is 10.5. The van der Waals surface area contributed by atoms with E-state index in [4.69, 9.17) is 4.42 Å². The second-order valence-corrected chi connectivity index (χ2v) is 8.53. The maximum absolute atomic E-state index is 12.7. The van der Waals surface area contributed by atoms with E-state index in [9.17, 15) is 19.7 Å². The van der Waals surface area contributed by atoms with Crippen LogP contribution in [-0.2, 0) is 11.3 Å². The molecular formula is C22H23N5O5S. The van der Waals surface area contributed by atoms with Crippen molar-refractivity contribution in [2.24, 2.45) is 0 Å². The molecule has 1 fully saturated rings. The van der Waals surface area contributed by atoms with Gasteiger partial charge in [-0.05, 0) is 43.5 Å². The van der Waals surface area contributed by atoms with E-state index in [1.54, 1.807) is 29.6 Å². The van der Waals surface area contributed by atoms with Crippen LogP contribution in [0.3, 0.4) is 0 Å². The van der Waals surface area contributed by atoms with Crippen molar-refractivity contribution in [3.63, 3.8) is 0 Å². The largest absolute Gasteiger partial charge is 0.458 e. The molecule has 0 bridgehead atoms.